The number of ether oxygens (including phenoxy) is 2. The number of likely N-dealkylation sites (tertiary alicyclic amines) is 1. The molecule has 3 aromatic rings. The van der Waals surface area contributed by atoms with Crippen molar-refractivity contribution in [1.29, 1.82) is 0 Å². The van der Waals surface area contributed by atoms with Gasteiger partial charge in [0.1, 0.15) is 11.3 Å². The number of furan rings is 1. The van der Waals surface area contributed by atoms with Gasteiger partial charge in [0.2, 0.25) is 5.91 Å². The summed E-state index contributed by atoms with van der Waals surface area (Å²) in [5.74, 6) is 0.0808. The van der Waals surface area contributed by atoms with E-state index in [4.69, 9.17) is 13.9 Å². The molecule has 178 valence electrons. The van der Waals surface area contributed by atoms with Gasteiger partial charge in [-0.2, -0.15) is 0 Å². The van der Waals surface area contributed by atoms with Crippen molar-refractivity contribution in [1.82, 2.24) is 4.90 Å². The molecule has 1 unspecified atom stereocenters. The average Bonchev–Trinajstić information content (AvgIpc) is 3.27. The molecule has 34 heavy (non-hydrogen) atoms. The second kappa shape index (κ2) is 10.6. The first kappa shape index (κ1) is 23.6. The SMILES string of the molecule is CCOC(=O)C1CCCN(C(=O)/C=C(\C)c2cc3c(-c4ccccc4)coc3cc2OCC)C1. The van der Waals surface area contributed by atoms with Crippen LogP contribution in [0.15, 0.2) is 59.2 Å². The third-order valence-corrected chi connectivity index (χ3v) is 6.18. The van der Waals surface area contributed by atoms with Crippen LogP contribution in [0.5, 0.6) is 5.75 Å². The highest BCUT2D eigenvalue weighted by Gasteiger charge is 2.29. The Balaban J connectivity index is 1.65. The number of fused-ring (bicyclic) bond motifs is 1. The smallest absolute Gasteiger partial charge is 0.310 e. The predicted octanol–water partition coefficient (Wildman–Crippen LogP) is 5.70. The van der Waals surface area contributed by atoms with Crippen molar-refractivity contribution < 1.29 is 23.5 Å². The molecule has 0 spiro atoms. The maximum atomic E-state index is 13.1. The van der Waals surface area contributed by atoms with Crippen LogP contribution in [-0.4, -0.2) is 43.1 Å². The monoisotopic (exact) mass is 461 g/mol. The lowest BCUT2D eigenvalue weighted by Crippen LogP contribution is -2.42. The number of esters is 1. The molecule has 0 N–H and O–H groups in total. The normalized spacial score (nSPS) is 16.5. The molecule has 1 amide bonds. The highest BCUT2D eigenvalue weighted by atomic mass is 16.5. The molecule has 6 nitrogen and oxygen atoms in total. The fourth-order valence-corrected chi connectivity index (χ4v) is 4.46. The van der Waals surface area contributed by atoms with Crippen LogP contribution in [0.25, 0.3) is 27.7 Å². The van der Waals surface area contributed by atoms with Gasteiger partial charge in [-0.15, -0.1) is 0 Å². The second-order valence-electron chi connectivity index (χ2n) is 8.50. The van der Waals surface area contributed by atoms with Gasteiger partial charge in [0.15, 0.2) is 0 Å². The van der Waals surface area contributed by atoms with Crippen LogP contribution in [0.2, 0.25) is 0 Å². The first-order valence-corrected chi connectivity index (χ1v) is 11.9. The molecule has 6 heteroatoms. The van der Waals surface area contributed by atoms with Crippen LogP contribution in [0.4, 0.5) is 0 Å². The van der Waals surface area contributed by atoms with Crippen LogP contribution in [0.3, 0.4) is 0 Å². The Morgan fingerprint density at radius 2 is 1.94 bits per heavy atom. The van der Waals surface area contributed by atoms with Crippen molar-refractivity contribution in [3.63, 3.8) is 0 Å². The van der Waals surface area contributed by atoms with Crippen molar-refractivity contribution in [3.05, 3.63) is 60.4 Å². The summed E-state index contributed by atoms with van der Waals surface area (Å²) < 4.78 is 16.9. The second-order valence-corrected chi connectivity index (χ2v) is 8.50. The average molecular weight is 462 g/mol. The van der Waals surface area contributed by atoms with Crippen LogP contribution >= 0.6 is 0 Å². The van der Waals surface area contributed by atoms with Gasteiger partial charge < -0.3 is 18.8 Å². The number of hydrogen-bond donors (Lipinski definition) is 0. The molecule has 1 aromatic heterocycles. The number of piperidine rings is 1. The number of hydrogen-bond acceptors (Lipinski definition) is 5. The summed E-state index contributed by atoms with van der Waals surface area (Å²) in [5.41, 5.74) is 4.44. The van der Waals surface area contributed by atoms with Crippen molar-refractivity contribution in [2.75, 3.05) is 26.3 Å². The number of benzene rings is 2. The zero-order chi connectivity index (χ0) is 24.1. The van der Waals surface area contributed by atoms with Gasteiger partial charge in [-0.3, -0.25) is 9.59 Å². The van der Waals surface area contributed by atoms with Crippen LogP contribution < -0.4 is 4.74 Å². The van der Waals surface area contributed by atoms with Crippen LogP contribution in [0.1, 0.15) is 39.2 Å². The molecule has 0 bridgehead atoms. The Morgan fingerprint density at radius 1 is 1.15 bits per heavy atom. The lowest BCUT2D eigenvalue weighted by molar-refractivity contribution is -0.150. The maximum absolute atomic E-state index is 13.1. The first-order valence-electron chi connectivity index (χ1n) is 11.9. The number of carbonyl (C=O) groups excluding carboxylic acids is 2. The summed E-state index contributed by atoms with van der Waals surface area (Å²) in [5, 5.41) is 0.963. The van der Waals surface area contributed by atoms with Crippen molar-refractivity contribution in [3.8, 4) is 16.9 Å². The number of amides is 1. The fraction of sp³-hybridized carbons (Fsp3) is 0.357. The molecule has 1 aliphatic heterocycles. The van der Waals surface area contributed by atoms with Gasteiger partial charge in [0.25, 0.3) is 0 Å². The number of rotatable bonds is 7. The molecule has 1 atom stereocenters. The summed E-state index contributed by atoms with van der Waals surface area (Å²) in [6.07, 6.45) is 4.93. The molecule has 0 saturated carbocycles. The highest BCUT2D eigenvalue weighted by Crippen LogP contribution is 2.37. The lowest BCUT2D eigenvalue weighted by atomic mass is 9.97. The van der Waals surface area contributed by atoms with Gasteiger partial charge in [0, 0.05) is 41.7 Å². The number of nitrogens with zero attached hydrogens (tertiary/aromatic N) is 1. The van der Waals surface area contributed by atoms with E-state index in [9.17, 15) is 9.59 Å². The Kier molecular flexibility index (Phi) is 7.36. The van der Waals surface area contributed by atoms with Gasteiger partial charge >= 0.3 is 5.97 Å². The minimum Gasteiger partial charge on any atom is -0.493 e. The van der Waals surface area contributed by atoms with Crippen molar-refractivity contribution in [2.45, 2.75) is 33.6 Å². The number of carbonyl (C=O) groups is 2. The fourth-order valence-electron chi connectivity index (χ4n) is 4.46. The van der Waals surface area contributed by atoms with Gasteiger partial charge in [0.05, 0.1) is 25.4 Å². The zero-order valence-corrected chi connectivity index (χ0v) is 20.0. The molecule has 4 rings (SSSR count). The van der Waals surface area contributed by atoms with E-state index in [2.05, 4.69) is 0 Å². The molecular formula is C28H31NO5. The lowest BCUT2D eigenvalue weighted by Gasteiger charge is -2.31. The molecule has 2 heterocycles. The minimum absolute atomic E-state index is 0.107. The maximum Gasteiger partial charge on any atom is 0.310 e. The number of allylic oxidation sites excluding steroid dienone is 1. The molecule has 0 radical (unpaired) electrons. The van der Waals surface area contributed by atoms with E-state index in [0.717, 1.165) is 46.1 Å². The zero-order valence-electron chi connectivity index (χ0n) is 20.0. The van der Waals surface area contributed by atoms with E-state index in [1.54, 1.807) is 24.2 Å². The van der Waals surface area contributed by atoms with E-state index in [1.807, 2.05) is 56.3 Å². The van der Waals surface area contributed by atoms with Crippen LogP contribution in [-0.2, 0) is 14.3 Å². The van der Waals surface area contributed by atoms with E-state index in [1.165, 1.54) is 0 Å². The molecule has 1 fully saturated rings. The Bertz CT molecular complexity index is 1190. The summed E-state index contributed by atoms with van der Waals surface area (Å²) in [6, 6.07) is 14.0. The Labute approximate surface area is 200 Å². The Morgan fingerprint density at radius 3 is 2.68 bits per heavy atom. The van der Waals surface area contributed by atoms with E-state index >= 15 is 0 Å². The van der Waals surface area contributed by atoms with Gasteiger partial charge in [-0.1, -0.05) is 30.3 Å². The van der Waals surface area contributed by atoms with Crippen molar-refractivity contribution >= 4 is 28.4 Å². The predicted molar refractivity (Wildman–Crippen MR) is 132 cm³/mol. The molecule has 1 saturated heterocycles. The van der Waals surface area contributed by atoms with Crippen LogP contribution in [0, 0.1) is 5.92 Å². The highest BCUT2D eigenvalue weighted by molar-refractivity contribution is 6.00. The quantitative estimate of drug-likeness (QED) is 0.333. The largest absolute Gasteiger partial charge is 0.493 e. The van der Waals surface area contributed by atoms with Gasteiger partial charge in [-0.25, -0.2) is 0 Å². The third kappa shape index (κ3) is 5.01. The Hall–Kier alpha value is -3.54. The van der Waals surface area contributed by atoms with E-state index < -0.39 is 0 Å². The third-order valence-electron chi connectivity index (χ3n) is 6.18. The molecular weight excluding hydrogens is 430 g/mol. The van der Waals surface area contributed by atoms with E-state index in [0.29, 0.717) is 32.1 Å². The summed E-state index contributed by atoms with van der Waals surface area (Å²) in [4.78, 5) is 27.0. The first-order chi connectivity index (χ1) is 16.5. The summed E-state index contributed by atoms with van der Waals surface area (Å²) >= 11 is 0. The topological polar surface area (TPSA) is 69.0 Å². The molecule has 0 aliphatic carbocycles. The van der Waals surface area contributed by atoms with Crippen molar-refractivity contribution in [2.24, 2.45) is 5.92 Å². The summed E-state index contributed by atoms with van der Waals surface area (Å²) in [6.45, 7) is 7.51. The molecule has 2 aromatic carbocycles. The summed E-state index contributed by atoms with van der Waals surface area (Å²) in [7, 11) is 0. The van der Waals surface area contributed by atoms with Gasteiger partial charge in [-0.05, 0) is 50.8 Å². The van der Waals surface area contributed by atoms with E-state index in [-0.39, 0.29) is 17.8 Å². The molecule has 1 aliphatic rings. The standard InChI is InChI=1S/C28H31NO5/c1-4-32-25-16-26-23(24(18-34-26)20-10-7-6-8-11-20)15-22(25)19(3)14-27(30)29-13-9-12-21(17-29)28(31)33-5-2/h6-8,10-11,14-16,18,21H,4-5,9,12-13,17H2,1-3H3/b19-14+. The minimum atomic E-state index is -0.263.